The molecule has 0 radical (unpaired) electrons. The number of nitrogens with zero attached hydrogens (tertiary/aromatic N) is 4. The number of carboxylic acid groups (broad SMARTS) is 1. The van der Waals surface area contributed by atoms with Gasteiger partial charge >= 0.3 is 5.97 Å². The molecular formula is C18H21FN4O3. The van der Waals surface area contributed by atoms with E-state index in [9.17, 15) is 14.7 Å². The van der Waals surface area contributed by atoms with Gasteiger partial charge in [-0.1, -0.05) is 0 Å². The van der Waals surface area contributed by atoms with E-state index in [1.165, 1.54) is 12.3 Å². The number of likely N-dealkylation sites (N-methyl/N-ethyl adjacent to an activating group) is 2. The first kappa shape index (κ1) is 16.8. The second kappa shape index (κ2) is 5.98. The van der Waals surface area contributed by atoms with Gasteiger partial charge in [0.2, 0.25) is 5.43 Å². The van der Waals surface area contributed by atoms with Crippen molar-refractivity contribution < 1.29 is 14.3 Å². The molecule has 0 bridgehead atoms. The summed E-state index contributed by atoms with van der Waals surface area (Å²) in [5, 5.41) is 9.43. The molecule has 1 saturated heterocycles. The van der Waals surface area contributed by atoms with E-state index in [0.29, 0.717) is 43.1 Å². The monoisotopic (exact) mass is 360 g/mol. The van der Waals surface area contributed by atoms with Crippen molar-refractivity contribution in [1.29, 1.82) is 0 Å². The maximum Gasteiger partial charge on any atom is 0.341 e. The lowest BCUT2D eigenvalue weighted by atomic mass is 10.0. The first-order valence-electron chi connectivity index (χ1n) is 8.66. The number of carbonyl (C=O) groups is 1. The Morgan fingerprint density at radius 1 is 1.08 bits per heavy atom. The van der Waals surface area contributed by atoms with Crippen LogP contribution in [0, 0.1) is 5.82 Å². The average Bonchev–Trinajstić information content (AvgIpc) is 2.60. The molecule has 1 aromatic carbocycles. The number of piperazine rings is 1. The molecule has 1 aromatic heterocycles. The van der Waals surface area contributed by atoms with Gasteiger partial charge in [-0.15, -0.1) is 0 Å². The standard InChI is InChI=1S/C18H21FN4O3/c1-20-3-6-22(7-4-20)15-13(19)9-11-14-16(15)21(2)5-8-23(14)10-12(17(11)24)18(25)26/h9-10H,3-8H2,1-2H3,(H,25,26). The molecule has 26 heavy (non-hydrogen) atoms. The zero-order valence-electron chi connectivity index (χ0n) is 14.8. The van der Waals surface area contributed by atoms with Crippen molar-refractivity contribution in [3.05, 3.63) is 33.9 Å². The number of aromatic carboxylic acids is 1. The Morgan fingerprint density at radius 3 is 2.42 bits per heavy atom. The summed E-state index contributed by atoms with van der Waals surface area (Å²) in [5.41, 5.74) is 0.835. The van der Waals surface area contributed by atoms with Crippen molar-refractivity contribution in [2.45, 2.75) is 6.54 Å². The Hall–Kier alpha value is -2.61. The minimum Gasteiger partial charge on any atom is -0.477 e. The van der Waals surface area contributed by atoms with Gasteiger partial charge in [-0.25, -0.2) is 9.18 Å². The summed E-state index contributed by atoms with van der Waals surface area (Å²) in [5.74, 6) is -1.76. The van der Waals surface area contributed by atoms with Gasteiger partial charge in [0, 0.05) is 52.5 Å². The molecule has 8 heteroatoms. The Kier molecular flexibility index (Phi) is 3.87. The highest BCUT2D eigenvalue weighted by Gasteiger charge is 2.29. The Balaban J connectivity index is 2.02. The normalized spacial score (nSPS) is 17.8. The quantitative estimate of drug-likeness (QED) is 0.863. The summed E-state index contributed by atoms with van der Waals surface area (Å²) in [6.07, 6.45) is 1.38. The van der Waals surface area contributed by atoms with Crippen LogP contribution in [0.25, 0.3) is 10.9 Å². The van der Waals surface area contributed by atoms with E-state index < -0.39 is 17.2 Å². The summed E-state index contributed by atoms with van der Waals surface area (Å²) >= 11 is 0. The largest absolute Gasteiger partial charge is 0.477 e. The maximum atomic E-state index is 15.1. The van der Waals surface area contributed by atoms with Crippen LogP contribution in [0.3, 0.4) is 0 Å². The third kappa shape index (κ3) is 2.44. The van der Waals surface area contributed by atoms with Crippen molar-refractivity contribution in [2.75, 3.05) is 56.6 Å². The third-order valence-corrected chi connectivity index (χ3v) is 5.37. The number of halogens is 1. The van der Waals surface area contributed by atoms with E-state index in [-0.39, 0.29) is 10.9 Å². The molecule has 0 atom stereocenters. The molecule has 0 unspecified atom stereocenters. The van der Waals surface area contributed by atoms with Crippen LogP contribution >= 0.6 is 0 Å². The lowest BCUT2D eigenvalue weighted by Crippen LogP contribution is -2.45. The van der Waals surface area contributed by atoms with E-state index in [4.69, 9.17) is 0 Å². The number of pyridine rings is 1. The van der Waals surface area contributed by atoms with Crippen molar-refractivity contribution in [3.63, 3.8) is 0 Å². The maximum absolute atomic E-state index is 15.1. The molecule has 2 aliphatic rings. The van der Waals surface area contributed by atoms with Gasteiger partial charge in [0.1, 0.15) is 11.4 Å². The topological polar surface area (TPSA) is 69.0 Å². The third-order valence-electron chi connectivity index (χ3n) is 5.37. The fraction of sp³-hybridized carbons (Fsp3) is 0.444. The highest BCUT2D eigenvalue weighted by atomic mass is 19.1. The molecule has 2 aromatic rings. The van der Waals surface area contributed by atoms with Crippen LogP contribution in [0.4, 0.5) is 15.8 Å². The molecule has 3 heterocycles. The first-order valence-corrected chi connectivity index (χ1v) is 8.66. The van der Waals surface area contributed by atoms with Crippen LogP contribution in [0.2, 0.25) is 0 Å². The van der Waals surface area contributed by atoms with Crippen molar-refractivity contribution in [3.8, 4) is 0 Å². The van der Waals surface area contributed by atoms with Gasteiger partial charge < -0.3 is 24.4 Å². The number of hydrogen-bond acceptors (Lipinski definition) is 5. The number of hydrogen-bond donors (Lipinski definition) is 1. The Morgan fingerprint density at radius 2 is 1.77 bits per heavy atom. The fourth-order valence-electron chi connectivity index (χ4n) is 3.89. The minimum absolute atomic E-state index is 0.127. The minimum atomic E-state index is -1.29. The van der Waals surface area contributed by atoms with Crippen LogP contribution in [0.1, 0.15) is 10.4 Å². The van der Waals surface area contributed by atoms with Crippen LogP contribution in [-0.4, -0.2) is 67.4 Å². The number of rotatable bonds is 2. The van der Waals surface area contributed by atoms with Gasteiger partial charge in [0.25, 0.3) is 0 Å². The van der Waals surface area contributed by atoms with Crippen LogP contribution in [0.5, 0.6) is 0 Å². The Labute approximate surface area is 149 Å². The van der Waals surface area contributed by atoms with Gasteiger partial charge in [-0.3, -0.25) is 4.79 Å². The van der Waals surface area contributed by atoms with E-state index >= 15 is 4.39 Å². The highest BCUT2D eigenvalue weighted by Crippen LogP contribution is 2.40. The van der Waals surface area contributed by atoms with Gasteiger partial charge in [0.05, 0.1) is 22.3 Å². The molecule has 4 rings (SSSR count). The van der Waals surface area contributed by atoms with Crippen LogP contribution in [-0.2, 0) is 6.54 Å². The number of carboxylic acids is 1. The smallest absolute Gasteiger partial charge is 0.341 e. The molecule has 138 valence electrons. The van der Waals surface area contributed by atoms with Gasteiger partial charge in [-0.05, 0) is 13.1 Å². The molecule has 0 saturated carbocycles. The Bertz CT molecular complexity index is 963. The first-order chi connectivity index (χ1) is 12.4. The summed E-state index contributed by atoms with van der Waals surface area (Å²) in [4.78, 5) is 30.2. The second-order valence-electron chi connectivity index (χ2n) is 7.03. The average molecular weight is 360 g/mol. The molecule has 0 amide bonds. The number of aromatic nitrogens is 1. The summed E-state index contributed by atoms with van der Waals surface area (Å²) in [6.45, 7) is 4.26. The van der Waals surface area contributed by atoms with Gasteiger partial charge in [0.15, 0.2) is 0 Å². The summed E-state index contributed by atoms with van der Waals surface area (Å²) < 4.78 is 16.9. The van der Waals surface area contributed by atoms with E-state index in [0.717, 1.165) is 13.1 Å². The van der Waals surface area contributed by atoms with Crippen molar-refractivity contribution >= 4 is 28.2 Å². The molecule has 1 fully saturated rings. The molecule has 0 spiro atoms. The predicted molar refractivity (Wildman–Crippen MR) is 98.1 cm³/mol. The second-order valence-corrected chi connectivity index (χ2v) is 7.03. The zero-order valence-corrected chi connectivity index (χ0v) is 14.8. The number of anilines is 2. The predicted octanol–water partition coefficient (Wildman–Crippen LogP) is 1.04. The highest BCUT2D eigenvalue weighted by molar-refractivity contribution is 6.02. The van der Waals surface area contributed by atoms with E-state index in [1.54, 1.807) is 4.57 Å². The SMILES string of the molecule is CN1CCN(c2c(F)cc3c(=O)c(C(=O)O)cn4c3c2N(C)CC4)CC1. The van der Waals surface area contributed by atoms with E-state index in [1.807, 2.05) is 23.9 Å². The molecule has 1 N–H and O–H groups in total. The molecule has 2 aliphatic heterocycles. The van der Waals surface area contributed by atoms with Crippen LogP contribution in [0.15, 0.2) is 17.1 Å². The zero-order chi connectivity index (χ0) is 18.6. The molecule has 0 aliphatic carbocycles. The fourth-order valence-corrected chi connectivity index (χ4v) is 3.89. The lowest BCUT2D eigenvalue weighted by molar-refractivity contribution is 0.0695. The number of benzene rings is 1. The molecular weight excluding hydrogens is 339 g/mol. The molecule has 7 nitrogen and oxygen atoms in total. The van der Waals surface area contributed by atoms with Crippen molar-refractivity contribution in [1.82, 2.24) is 9.47 Å². The summed E-state index contributed by atoms with van der Waals surface area (Å²) in [6, 6.07) is 1.21. The summed E-state index contributed by atoms with van der Waals surface area (Å²) in [7, 11) is 3.92. The van der Waals surface area contributed by atoms with Crippen LogP contribution < -0.4 is 15.2 Å². The van der Waals surface area contributed by atoms with Gasteiger partial charge in [-0.2, -0.15) is 0 Å². The van der Waals surface area contributed by atoms with Crippen molar-refractivity contribution in [2.24, 2.45) is 0 Å². The lowest BCUT2D eigenvalue weighted by Gasteiger charge is -2.39. The van der Waals surface area contributed by atoms with E-state index in [2.05, 4.69) is 4.90 Å².